The Kier molecular flexibility index (Phi) is 5.65. The molecule has 150 valence electrons. The predicted molar refractivity (Wildman–Crippen MR) is 113 cm³/mol. The van der Waals surface area contributed by atoms with Gasteiger partial charge < -0.3 is 14.6 Å². The zero-order valence-corrected chi connectivity index (χ0v) is 16.6. The minimum atomic E-state index is -0.792. The fraction of sp³-hybridized carbons (Fsp3) is 0.333. The zero-order valence-electron chi connectivity index (χ0n) is 16.6. The lowest BCUT2D eigenvalue weighted by Gasteiger charge is -2.33. The average Bonchev–Trinajstić information content (AvgIpc) is 3.19. The van der Waals surface area contributed by atoms with Crippen molar-refractivity contribution in [3.8, 4) is 0 Å². The molecule has 1 N–H and O–H groups in total. The summed E-state index contributed by atoms with van der Waals surface area (Å²) < 4.78 is 5.44. The van der Waals surface area contributed by atoms with E-state index in [1.54, 1.807) is 13.0 Å². The van der Waals surface area contributed by atoms with E-state index in [9.17, 15) is 9.59 Å². The van der Waals surface area contributed by atoms with E-state index in [1.165, 1.54) is 5.56 Å². The van der Waals surface area contributed by atoms with Gasteiger partial charge in [-0.2, -0.15) is 0 Å². The van der Waals surface area contributed by atoms with Crippen molar-refractivity contribution >= 4 is 22.8 Å². The number of aromatic nitrogens is 1. The third kappa shape index (κ3) is 4.50. The summed E-state index contributed by atoms with van der Waals surface area (Å²) in [6.45, 7) is 3.08. The molecule has 0 aliphatic carbocycles. The highest BCUT2D eigenvalue weighted by molar-refractivity contribution is 5.96. The second-order valence-corrected chi connectivity index (χ2v) is 7.78. The van der Waals surface area contributed by atoms with Crippen LogP contribution in [0.4, 0.5) is 0 Å². The molecule has 1 aromatic heterocycles. The molecule has 0 saturated carbocycles. The smallest absolute Gasteiger partial charge is 0.355 e. The molecule has 1 atom stereocenters. The number of piperidine rings is 1. The van der Waals surface area contributed by atoms with Crippen LogP contribution in [0.2, 0.25) is 0 Å². The molecule has 5 heteroatoms. The highest BCUT2D eigenvalue weighted by atomic mass is 16.5. The molecule has 4 rings (SSSR count). The standard InChI is InChI=1S/C24H26N2O3/c1-17(29-24(28)22-16-20-9-5-6-10-21(20)25-22)23(27)26-13-11-19(12-14-26)15-18-7-3-2-4-8-18/h2-10,16-17,19,25H,11-15H2,1H3/t17-/m0/s1. The van der Waals surface area contributed by atoms with Crippen LogP contribution in [0.15, 0.2) is 60.7 Å². The van der Waals surface area contributed by atoms with E-state index in [4.69, 9.17) is 4.74 Å². The Morgan fingerprint density at radius 3 is 2.48 bits per heavy atom. The predicted octanol–water partition coefficient (Wildman–Crippen LogP) is 4.19. The lowest BCUT2D eigenvalue weighted by molar-refractivity contribution is -0.141. The van der Waals surface area contributed by atoms with Gasteiger partial charge in [0, 0.05) is 24.0 Å². The quantitative estimate of drug-likeness (QED) is 0.665. The maximum atomic E-state index is 12.7. The van der Waals surface area contributed by atoms with Gasteiger partial charge >= 0.3 is 5.97 Å². The highest BCUT2D eigenvalue weighted by Gasteiger charge is 2.28. The van der Waals surface area contributed by atoms with Gasteiger partial charge in [-0.05, 0) is 49.8 Å². The van der Waals surface area contributed by atoms with E-state index in [2.05, 4.69) is 29.2 Å². The second-order valence-electron chi connectivity index (χ2n) is 7.78. The first-order valence-electron chi connectivity index (χ1n) is 10.2. The average molecular weight is 390 g/mol. The molecule has 1 aliphatic rings. The van der Waals surface area contributed by atoms with Gasteiger partial charge in [0.05, 0.1) is 0 Å². The van der Waals surface area contributed by atoms with Gasteiger partial charge in [0.15, 0.2) is 6.10 Å². The number of hydrogen-bond donors (Lipinski definition) is 1. The van der Waals surface area contributed by atoms with Gasteiger partial charge in [0.25, 0.3) is 5.91 Å². The highest BCUT2D eigenvalue weighted by Crippen LogP contribution is 2.23. The number of ether oxygens (including phenoxy) is 1. The van der Waals surface area contributed by atoms with Crippen LogP contribution >= 0.6 is 0 Å². The van der Waals surface area contributed by atoms with Gasteiger partial charge in [0.1, 0.15) is 5.69 Å². The molecular formula is C24H26N2O3. The number of rotatable bonds is 5. The van der Waals surface area contributed by atoms with Crippen molar-refractivity contribution in [1.29, 1.82) is 0 Å². The van der Waals surface area contributed by atoms with Crippen LogP contribution < -0.4 is 0 Å². The summed E-state index contributed by atoms with van der Waals surface area (Å²) in [6.07, 6.45) is 2.21. The van der Waals surface area contributed by atoms with Crippen LogP contribution in [-0.2, 0) is 16.0 Å². The second kappa shape index (κ2) is 8.52. The van der Waals surface area contributed by atoms with E-state index < -0.39 is 12.1 Å². The van der Waals surface area contributed by atoms with E-state index in [0.29, 0.717) is 24.7 Å². The SMILES string of the molecule is C[C@H](OC(=O)c1cc2ccccc2[nH]1)C(=O)N1CCC(Cc2ccccc2)CC1. The van der Waals surface area contributed by atoms with Crippen LogP contribution in [0.3, 0.4) is 0 Å². The summed E-state index contributed by atoms with van der Waals surface area (Å²) >= 11 is 0. The number of esters is 1. The van der Waals surface area contributed by atoms with Gasteiger partial charge in [-0.1, -0.05) is 48.5 Å². The molecule has 1 amide bonds. The topological polar surface area (TPSA) is 62.4 Å². The van der Waals surface area contributed by atoms with E-state index in [-0.39, 0.29) is 5.91 Å². The number of fused-ring (bicyclic) bond motifs is 1. The van der Waals surface area contributed by atoms with Crippen molar-refractivity contribution in [2.24, 2.45) is 5.92 Å². The van der Waals surface area contributed by atoms with E-state index in [1.807, 2.05) is 35.2 Å². The van der Waals surface area contributed by atoms with Crippen molar-refractivity contribution in [3.63, 3.8) is 0 Å². The molecule has 1 aliphatic heterocycles. The Bertz CT molecular complexity index is 955. The lowest BCUT2D eigenvalue weighted by atomic mass is 9.90. The number of carbonyl (C=O) groups is 2. The number of likely N-dealkylation sites (tertiary alicyclic amines) is 1. The Labute approximate surface area is 170 Å². The summed E-state index contributed by atoms with van der Waals surface area (Å²) in [5, 5.41) is 0.943. The molecule has 1 saturated heterocycles. The third-order valence-corrected chi connectivity index (χ3v) is 5.67. The molecule has 0 unspecified atom stereocenters. The van der Waals surface area contributed by atoms with Crippen LogP contribution in [-0.4, -0.2) is 41.0 Å². The van der Waals surface area contributed by atoms with Crippen molar-refractivity contribution in [2.75, 3.05) is 13.1 Å². The van der Waals surface area contributed by atoms with Crippen LogP contribution in [0.25, 0.3) is 10.9 Å². The van der Waals surface area contributed by atoms with E-state index >= 15 is 0 Å². The maximum Gasteiger partial charge on any atom is 0.355 e. The summed E-state index contributed by atoms with van der Waals surface area (Å²) in [4.78, 5) is 30.1. The largest absolute Gasteiger partial charge is 0.448 e. The first-order valence-corrected chi connectivity index (χ1v) is 10.2. The number of amides is 1. The van der Waals surface area contributed by atoms with Gasteiger partial charge in [0.2, 0.25) is 0 Å². The molecule has 5 nitrogen and oxygen atoms in total. The first-order chi connectivity index (χ1) is 14.1. The normalized spacial score (nSPS) is 16.0. The summed E-state index contributed by atoms with van der Waals surface area (Å²) in [6, 6.07) is 19.9. The van der Waals surface area contributed by atoms with Crippen molar-refractivity contribution in [2.45, 2.75) is 32.3 Å². The molecule has 2 aromatic carbocycles. The van der Waals surface area contributed by atoms with Crippen molar-refractivity contribution < 1.29 is 14.3 Å². The van der Waals surface area contributed by atoms with Gasteiger partial charge in [-0.25, -0.2) is 4.79 Å². The first kappa shape index (κ1) is 19.2. The summed E-state index contributed by atoms with van der Waals surface area (Å²) in [7, 11) is 0. The number of nitrogens with one attached hydrogen (secondary N) is 1. The molecule has 0 bridgehead atoms. The molecule has 0 spiro atoms. The number of para-hydroxylation sites is 1. The Morgan fingerprint density at radius 1 is 1.07 bits per heavy atom. The molecular weight excluding hydrogens is 364 g/mol. The van der Waals surface area contributed by atoms with Crippen molar-refractivity contribution in [1.82, 2.24) is 9.88 Å². The minimum Gasteiger partial charge on any atom is -0.448 e. The van der Waals surface area contributed by atoms with Crippen LogP contribution in [0, 0.1) is 5.92 Å². The minimum absolute atomic E-state index is 0.118. The van der Waals surface area contributed by atoms with Crippen LogP contribution in [0.5, 0.6) is 0 Å². The lowest BCUT2D eigenvalue weighted by Crippen LogP contribution is -2.44. The Hall–Kier alpha value is -3.08. The molecule has 3 aromatic rings. The third-order valence-electron chi connectivity index (χ3n) is 5.67. The van der Waals surface area contributed by atoms with E-state index in [0.717, 1.165) is 30.2 Å². The number of hydrogen-bond acceptors (Lipinski definition) is 3. The number of benzene rings is 2. The number of aromatic amines is 1. The number of H-pyrrole nitrogens is 1. The molecule has 1 fully saturated rings. The van der Waals surface area contributed by atoms with Gasteiger partial charge in [-0.3, -0.25) is 4.79 Å². The maximum absolute atomic E-state index is 12.7. The molecule has 2 heterocycles. The Morgan fingerprint density at radius 2 is 1.76 bits per heavy atom. The fourth-order valence-electron chi connectivity index (χ4n) is 4.02. The fourth-order valence-corrected chi connectivity index (χ4v) is 4.02. The zero-order chi connectivity index (χ0) is 20.2. The van der Waals surface area contributed by atoms with Crippen LogP contribution in [0.1, 0.15) is 35.8 Å². The monoisotopic (exact) mass is 390 g/mol. The summed E-state index contributed by atoms with van der Waals surface area (Å²) in [5.74, 6) is -0.0284. The number of nitrogens with zero attached hydrogens (tertiary/aromatic N) is 1. The number of carbonyl (C=O) groups excluding carboxylic acids is 2. The molecule has 29 heavy (non-hydrogen) atoms. The molecule has 0 radical (unpaired) electrons. The van der Waals surface area contributed by atoms with Crippen molar-refractivity contribution in [3.05, 3.63) is 71.9 Å². The van der Waals surface area contributed by atoms with Gasteiger partial charge in [-0.15, -0.1) is 0 Å². The summed E-state index contributed by atoms with van der Waals surface area (Å²) in [5.41, 5.74) is 2.59. The Balaban J connectivity index is 1.29.